The first-order valence-corrected chi connectivity index (χ1v) is 8.64. The van der Waals surface area contributed by atoms with Crippen LogP contribution in [0.15, 0.2) is 53.5 Å². The van der Waals surface area contributed by atoms with Gasteiger partial charge in [0, 0.05) is 13.6 Å². The van der Waals surface area contributed by atoms with Crippen LogP contribution in [-0.4, -0.2) is 38.3 Å². The highest BCUT2D eigenvalue weighted by molar-refractivity contribution is 5.92. The molecule has 5 nitrogen and oxygen atoms in total. The SMILES string of the molecule is Cc1ccc2c(c1)N(C)CC(OCc1ccccc1)(C1=NCCN1)O2. The number of anilines is 1. The lowest BCUT2D eigenvalue weighted by Gasteiger charge is -2.42. The van der Waals surface area contributed by atoms with E-state index in [-0.39, 0.29) is 0 Å². The van der Waals surface area contributed by atoms with E-state index in [1.807, 2.05) is 24.3 Å². The molecule has 1 atom stereocenters. The minimum Gasteiger partial charge on any atom is -0.451 e. The van der Waals surface area contributed by atoms with Crippen molar-refractivity contribution < 1.29 is 9.47 Å². The number of benzene rings is 2. The second-order valence-corrected chi connectivity index (χ2v) is 6.61. The molecule has 4 rings (SSSR count). The van der Waals surface area contributed by atoms with E-state index in [1.54, 1.807) is 0 Å². The van der Waals surface area contributed by atoms with Gasteiger partial charge in [-0.1, -0.05) is 36.4 Å². The van der Waals surface area contributed by atoms with Crippen molar-refractivity contribution in [1.82, 2.24) is 5.32 Å². The second kappa shape index (κ2) is 6.41. The summed E-state index contributed by atoms with van der Waals surface area (Å²) >= 11 is 0. The Morgan fingerprint density at radius 2 is 2.08 bits per heavy atom. The molecule has 0 radical (unpaired) electrons. The van der Waals surface area contributed by atoms with Gasteiger partial charge in [-0.25, -0.2) is 0 Å². The summed E-state index contributed by atoms with van der Waals surface area (Å²) in [5.74, 6) is 0.689. The van der Waals surface area contributed by atoms with Gasteiger partial charge in [-0.15, -0.1) is 0 Å². The van der Waals surface area contributed by atoms with Crippen LogP contribution < -0.4 is 15.0 Å². The van der Waals surface area contributed by atoms with Crippen LogP contribution in [0.4, 0.5) is 5.69 Å². The fourth-order valence-corrected chi connectivity index (χ4v) is 3.31. The van der Waals surface area contributed by atoms with Gasteiger partial charge in [0.25, 0.3) is 5.79 Å². The third-order valence-electron chi connectivity index (χ3n) is 4.60. The van der Waals surface area contributed by atoms with E-state index >= 15 is 0 Å². The van der Waals surface area contributed by atoms with Gasteiger partial charge in [0.05, 0.1) is 25.4 Å². The summed E-state index contributed by atoms with van der Waals surface area (Å²) in [6.45, 7) is 4.71. The van der Waals surface area contributed by atoms with Gasteiger partial charge in [0.15, 0.2) is 5.84 Å². The summed E-state index contributed by atoms with van der Waals surface area (Å²) in [7, 11) is 2.07. The Morgan fingerprint density at radius 1 is 1.24 bits per heavy atom. The molecule has 0 aliphatic carbocycles. The lowest BCUT2D eigenvalue weighted by molar-refractivity contribution is -0.138. The minimum atomic E-state index is -0.913. The summed E-state index contributed by atoms with van der Waals surface area (Å²) < 4.78 is 12.7. The third kappa shape index (κ3) is 3.07. The van der Waals surface area contributed by atoms with E-state index in [1.165, 1.54) is 5.56 Å². The molecule has 1 N–H and O–H groups in total. The Labute approximate surface area is 148 Å². The molecule has 130 valence electrons. The Kier molecular flexibility index (Phi) is 4.09. The number of fused-ring (bicyclic) bond motifs is 1. The van der Waals surface area contributed by atoms with Gasteiger partial charge in [-0.3, -0.25) is 4.99 Å². The molecule has 2 aliphatic rings. The number of rotatable bonds is 4. The monoisotopic (exact) mass is 337 g/mol. The first-order chi connectivity index (χ1) is 12.2. The van der Waals surface area contributed by atoms with Gasteiger partial charge in [0.1, 0.15) is 5.75 Å². The third-order valence-corrected chi connectivity index (χ3v) is 4.60. The molecule has 1 unspecified atom stereocenters. The number of amidine groups is 1. The molecule has 25 heavy (non-hydrogen) atoms. The Bertz CT molecular complexity index is 791. The highest BCUT2D eigenvalue weighted by Gasteiger charge is 2.46. The van der Waals surface area contributed by atoms with Gasteiger partial charge in [-0.05, 0) is 30.2 Å². The quantitative estimate of drug-likeness (QED) is 0.932. The number of aliphatic imine (C=N–C) groups is 1. The summed E-state index contributed by atoms with van der Waals surface area (Å²) in [6.07, 6.45) is 0. The lowest BCUT2D eigenvalue weighted by Crippen LogP contribution is -2.60. The van der Waals surface area contributed by atoms with Crippen LogP contribution in [0.5, 0.6) is 5.75 Å². The van der Waals surface area contributed by atoms with E-state index < -0.39 is 5.79 Å². The maximum Gasteiger partial charge on any atom is 0.287 e. The number of likely N-dealkylation sites (N-methyl/N-ethyl adjacent to an activating group) is 1. The van der Waals surface area contributed by atoms with Crippen molar-refractivity contribution in [1.29, 1.82) is 0 Å². The molecule has 0 amide bonds. The van der Waals surface area contributed by atoms with Crippen molar-refractivity contribution >= 4 is 11.5 Å². The van der Waals surface area contributed by atoms with Gasteiger partial charge in [-0.2, -0.15) is 0 Å². The molecule has 0 fully saturated rings. The standard InChI is InChI=1S/C20H23N3O2/c1-15-8-9-18-17(12-15)23(2)14-20(25-18,19-21-10-11-22-19)24-13-16-6-4-3-5-7-16/h3-9,12H,10-11,13-14H2,1-2H3,(H,21,22). The topological polar surface area (TPSA) is 46.1 Å². The first kappa shape index (κ1) is 16.0. The number of hydrogen-bond donors (Lipinski definition) is 1. The molecular formula is C20H23N3O2. The summed E-state index contributed by atoms with van der Waals surface area (Å²) in [5.41, 5.74) is 3.40. The zero-order valence-electron chi connectivity index (χ0n) is 14.7. The molecule has 2 heterocycles. The molecule has 5 heteroatoms. The van der Waals surface area contributed by atoms with Gasteiger partial charge >= 0.3 is 0 Å². The lowest BCUT2D eigenvalue weighted by atomic mass is 10.1. The van der Waals surface area contributed by atoms with Gasteiger partial charge in [0.2, 0.25) is 0 Å². The van der Waals surface area contributed by atoms with Crippen molar-refractivity contribution in [2.75, 3.05) is 31.6 Å². The minimum absolute atomic E-state index is 0.469. The molecule has 0 bridgehead atoms. The molecule has 2 aliphatic heterocycles. The largest absolute Gasteiger partial charge is 0.451 e. The zero-order valence-corrected chi connectivity index (χ0v) is 14.7. The number of ether oxygens (including phenoxy) is 2. The van der Waals surface area contributed by atoms with Gasteiger partial charge < -0.3 is 19.7 Å². The van der Waals surface area contributed by atoms with Crippen LogP contribution in [0.3, 0.4) is 0 Å². The smallest absolute Gasteiger partial charge is 0.287 e. The Hall–Kier alpha value is -2.53. The van der Waals surface area contributed by atoms with Crippen LogP contribution in [0.25, 0.3) is 0 Å². The summed E-state index contributed by atoms with van der Waals surface area (Å²) in [6, 6.07) is 16.4. The Balaban J connectivity index is 1.66. The van der Waals surface area contributed by atoms with Crippen LogP contribution >= 0.6 is 0 Å². The van der Waals surface area contributed by atoms with Crippen molar-refractivity contribution in [2.24, 2.45) is 4.99 Å². The van der Waals surface area contributed by atoms with Crippen molar-refractivity contribution in [2.45, 2.75) is 19.3 Å². The number of hydrogen-bond acceptors (Lipinski definition) is 5. The first-order valence-electron chi connectivity index (χ1n) is 8.64. The van der Waals surface area contributed by atoms with Crippen molar-refractivity contribution in [3.8, 4) is 5.75 Å². The Morgan fingerprint density at radius 3 is 2.84 bits per heavy atom. The average molecular weight is 337 g/mol. The average Bonchev–Trinajstić information content (AvgIpc) is 3.17. The van der Waals surface area contributed by atoms with Crippen LogP contribution in [-0.2, 0) is 11.3 Å². The predicted octanol–water partition coefficient (Wildman–Crippen LogP) is 2.74. The van der Waals surface area contributed by atoms with E-state index in [0.29, 0.717) is 13.2 Å². The molecule has 0 spiro atoms. The summed E-state index contributed by atoms with van der Waals surface area (Å²) in [5, 5.41) is 3.34. The highest BCUT2D eigenvalue weighted by atomic mass is 16.7. The second-order valence-electron chi connectivity index (χ2n) is 6.61. The molecule has 2 aromatic rings. The normalized spacial score (nSPS) is 22.0. The molecule has 0 aromatic heterocycles. The molecule has 0 saturated heterocycles. The maximum absolute atomic E-state index is 6.39. The number of nitrogens with zero attached hydrogens (tertiary/aromatic N) is 2. The fraction of sp³-hybridized carbons (Fsp3) is 0.350. The van der Waals surface area contributed by atoms with Crippen LogP contribution in [0.2, 0.25) is 0 Å². The predicted molar refractivity (Wildman–Crippen MR) is 99.3 cm³/mol. The molecule has 0 saturated carbocycles. The van der Waals surface area contributed by atoms with E-state index in [0.717, 1.165) is 35.9 Å². The van der Waals surface area contributed by atoms with E-state index in [2.05, 4.69) is 53.4 Å². The maximum atomic E-state index is 6.39. The molecular weight excluding hydrogens is 314 g/mol. The highest BCUT2D eigenvalue weighted by Crippen LogP contribution is 2.38. The van der Waals surface area contributed by atoms with Crippen molar-refractivity contribution in [3.05, 3.63) is 59.7 Å². The molecule has 2 aromatic carbocycles. The van der Waals surface area contributed by atoms with Crippen LogP contribution in [0, 0.1) is 6.92 Å². The fourth-order valence-electron chi connectivity index (χ4n) is 3.31. The zero-order chi connectivity index (χ0) is 17.3. The number of nitrogens with one attached hydrogen (secondary N) is 1. The van der Waals surface area contributed by atoms with Crippen LogP contribution in [0.1, 0.15) is 11.1 Å². The number of aryl methyl sites for hydroxylation is 1. The van der Waals surface area contributed by atoms with Crippen molar-refractivity contribution in [3.63, 3.8) is 0 Å². The summed E-state index contributed by atoms with van der Waals surface area (Å²) in [4.78, 5) is 6.78. The van der Waals surface area contributed by atoms with E-state index in [9.17, 15) is 0 Å². The van der Waals surface area contributed by atoms with E-state index in [4.69, 9.17) is 9.47 Å².